The third-order valence-corrected chi connectivity index (χ3v) is 7.28. The molecule has 0 saturated heterocycles. The number of alkyl halides is 2. The number of nitrogens with zero attached hydrogens (tertiary/aromatic N) is 2. The lowest BCUT2D eigenvalue weighted by Gasteiger charge is -2.22. The van der Waals surface area contributed by atoms with E-state index in [-0.39, 0.29) is 39.1 Å². The number of fused-ring (bicyclic) bond motifs is 1. The first-order chi connectivity index (χ1) is 19.6. The number of hydrogen-bond donors (Lipinski definition) is 1. The molecule has 1 saturated carbocycles. The minimum absolute atomic E-state index is 0.0400. The van der Waals surface area contributed by atoms with Crippen molar-refractivity contribution >= 4 is 46.7 Å². The van der Waals surface area contributed by atoms with Crippen molar-refractivity contribution in [2.75, 3.05) is 18.9 Å². The number of nitrogen functional groups attached to an aromatic ring is 1. The highest BCUT2D eigenvalue weighted by atomic mass is 35.5. The van der Waals surface area contributed by atoms with Gasteiger partial charge in [0.2, 0.25) is 0 Å². The van der Waals surface area contributed by atoms with Crippen LogP contribution < -0.4 is 15.2 Å². The average Bonchev–Trinajstić information content (AvgIpc) is 3.73. The number of nitrogens with two attached hydrogens (primary N) is 1. The van der Waals surface area contributed by atoms with Crippen molar-refractivity contribution in [3.8, 4) is 11.5 Å². The SMILES string of the molecule is Nc1ccc2c(c1)C(=O)N(CC(=O)O[C@@H](Cc1c(Cl)cncc1Cl)c1ccc(OC(F)F)c(OCC3CC3)c1)C2=O. The molecule has 9 nitrogen and oxygen atoms in total. The van der Waals surface area contributed by atoms with Crippen LogP contribution in [0.25, 0.3) is 0 Å². The molecule has 1 aliphatic heterocycles. The highest BCUT2D eigenvalue weighted by Crippen LogP contribution is 2.38. The van der Waals surface area contributed by atoms with E-state index in [0.717, 1.165) is 17.7 Å². The minimum Gasteiger partial charge on any atom is -0.489 e. The molecule has 1 aliphatic carbocycles. The van der Waals surface area contributed by atoms with Gasteiger partial charge in [0.1, 0.15) is 12.6 Å². The number of pyridine rings is 1. The van der Waals surface area contributed by atoms with Crippen molar-refractivity contribution in [1.82, 2.24) is 9.88 Å². The number of carbonyl (C=O) groups excluding carboxylic acids is 3. The van der Waals surface area contributed by atoms with Gasteiger partial charge >= 0.3 is 12.6 Å². The third-order valence-electron chi connectivity index (χ3n) is 6.62. The minimum atomic E-state index is -3.08. The van der Waals surface area contributed by atoms with Crippen LogP contribution in [0.5, 0.6) is 11.5 Å². The molecular formula is C28H23Cl2F2N3O6. The summed E-state index contributed by atoms with van der Waals surface area (Å²) in [6.45, 7) is -3.46. The number of hydrogen-bond acceptors (Lipinski definition) is 8. The van der Waals surface area contributed by atoms with Crippen LogP contribution in [0.2, 0.25) is 10.0 Å². The molecule has 1 fully saturated rings. The van der Waals surface area contributed by atoms with Gasteiger partial charge in [0, 0.05) is 24.5 Å². The number of halogens is 4. The van der Waals surface area contributed by atoms with Crippen LogP contribution in [0.15, 0.2) is 48.8 Å². The zero-order valence-electron chi connectivity index (χ0n) is 21.3. The summed E-state index contributed by atoms with van der Waals surface area (Å²) in [5, 5.41) is 0.415. The zero-order chi connectivity index (χ0) is 29.3. The Labute approximate surface area is 243 Å². The van der Waals surface area contributed by atoms with Gasteiger partial charge in [-0.1, -0.05) is 29.3 Å². The molecule has 0 unspecified atom stereocenters. The molecule has 2 amide bonds. The van der Waals surface area contributed by atoms with Crippen LogP contribution in [0.4, 0.5) is 14.5 Å². The molecule has 0 bridgehead atoms. The largest absolute Gasteiger partial charge is 0.489 e. The zero-order valence-corrected chi connectivity index (χ0v) is 22.8. The highest BCUT2D eigenvalue weighted by molar-refractivity contribution is 6.35. The summed E-state index contributed by atoms with van der Waals surface area (Å²) in [5.74, 6) is -2.08. The predicted molar refractivity (Wildman–Crippen MR) is 144 cm³/mol. The van der Waals surface area contributed by atoms with E-state index in [2.05, 4.69) is 9.72 Å². The normalized spacial score (nSPS) is 15.2. The Morgan fingerprint density at radius 2 is 1.73 bits per heavy atom. The lowest BCUT2D eigenvalue weighted by molar-refractivity contribution is -0.149. The Kier molecular flexibility index (Phi) is 8.27. The molecule has 13 heteroatoms. The van der Waals surface area contributed by atoms with E-state index in [9.17, 15) is 23.2 Å². The summed E-state index contributed by atoms with van der Waals surface area (Å²) in [6.07, 6.45) is 3.56. The lowest BCUT2D eigenvalue weighted by atomic mass is 10.0. The van der Waals surface area contributed by atoms with Gasteiger partial charge in [-0.15, -0.1) is 0 Å². The summed E-state index contributed by atoms with van der Waals surface area (Å²) in [4.78, 5) is 43.5. The van der Waals surface area contributed by atoms with E-state index in [0.29, 0.717) is 29.3 Å². The van der Waals surface area contributed by atoms with E-state index in [4.69, 9.17) is 38.4 Å². The number of esters is 1. The van der Waals surface area contributed by atoms with E-state index in [1.54, 1.807) is 0 Å². The molecule has 0 spiro atoms. The monoisotopic (exact) mass is 605 g/mol. The van der Waals surface area contributed by atoms with Crippen molar-refractivity contribution in [2.45, 2.75) is 32.0 Å². The maximum atomic E-state index is 13.1. The Hall–Kier alpha value is -3.96. The van der Waals surface area contributed by atoms with Gasteiger partial charge in [-0.25, -0.2) is 0 Å². The van der Waals surface area contributed by atoms with Crippen LogP contribution in [-0.2, 0) is 16.0 Å². The number of ether oxygens (including phenoxy) is 3. The molecule has 2 aliphatic rings. The molecule has 2 N–H and O–H groups in total. The van der Waals surface area contributed by atoms with Gasteiger partial charge in [0.05, 0.1) is 27.8 Å². The van der Waals surface area contributed by atoms with Crippen LogP contribution in [0.1, 0.15) is 50.8 Å². The van der Waals surface area contributed by atoms with Gasteiger partial charge < -0.3 is 19.9 Å². The Balaban J connectivity index is 1.42. The van der Waals surface area contributed by atoms with E-state index >= 15 is 0 Å². The van der Waals surface area contributed by atoms with Crippen LogP contribution in [0, 0.1) is 5.92 Å². The van der Waals surface area contributed by atoms with Gasteiger partial charge in [-0.3, -0.25) is 24.3 Å². The molecular weight excluding hydrogens is 583 g/mol. The smallest absolute Gasteiger partial charge is 0.387 e. The number of anilines is 1. The van der Waals surface area contributed by atoms with Gasteiger partial charge in [0.25, 0.3) is 11.8 Å². The van der Waals surface area contributed by atoms with E-state index < -0.39 is 37.0 Å². The molecule has 214 valence electrons. The number of carbonyl (C=O) groups is 3. The first kappa shape index (κ1) is 28.6. The average molecular weight is 606 g/mol. The second-order valence-corrected chi connectivity index (χ2v) is 10.4. The maximum absolute atomic E-state index is 13.1. The second-order valence-electron chi connectivity index (χ2n) is 9.60. The summed E-state index contributed by atoms with van der Waals surface area (Å²) in [7, 11) is 0. The molecule has 2 heterocycles. The van der Waals surface area contributed by atoms with Crippen molar-refractivity contribution in [2.24, 2.45) is 5.92 Å². The fourth-order valence-corrected chi connectivity index (χ4v) is 4.87. The summed E-state index contributed by atoms with van der Waals surface area (Å²) in [6, 6.07) is 8.42. The molecule has 1 atom stereocenters. The Morgan fingerprint density at radius 1 is 1.02 bits per heavy atom. The van der Waals surface area contributed by atoms with E-state index in [1.807, 2.05) is 0 Å². The van der Waals surface area contributed by atoms with Crippen LogP contribution >= 0.6 is 23.2 Å². The molecule has 1 aromatic heterocycles. The number of aromatic nitrogens is 1. The summed E-state index contributed by atoms with van der Waals surface area (Å²) >= 11 is 12.6. The summed E-state index contributed by atoms with van der Waals surface area (Å²) in [5.41, 5.74) is 7.00. The molecule has 0 radical (unpaired) electrons. The molecule has 5 rings (SSSR count). The first-order valence-corrected chi connectivity index (χ1v) is 13.3. The maximum Gasteiger partial charge on any atom is 0.387 e. The molecule has 3 aromatic rings. The molecule has 2 aromatic carbocycles. The van der Waals surface area contributed by atoms with Crippen LogP contribution in [-0.4, -0.2) is 47.4 Å². The van der Waals surface area contributed by atoms with Crippen LogP contribution in [0.3, 0.4) is 0 Å². The third kappa shape index (κ3) is 6.52. The van der Waals surface area contributed by atoms with Gasteiger partial charge in [-0.05, 0) is 60.2 Å². The second kappa shape index (κ2) is 11.9. The Bertz CT molecular complexity index is 1500. The first-order valence-electron chi connectivity index (χ1n) is 12.5. The van der Waals surface area contributed by atoms with Gasteiger partial charge in [-0.2, -0.15) is 8.78 Å². The van der Waals surface area contributed by atoms with E-state index in [1.165, 1.54) is 48.8 Å². The lowest BCUT2D eigenvalue weighted by Crippen LogP contribution is -2.36. The fraction of sp³-hybridized carbons (Fsp3) is 0.286. The summed E-state index contributed by atoms with van der Waals surface area (Å²) < 4.78 is 42.2. The number of amides is 2. The standard InChI is InChI=1S/C28H23Cl2F2N3O6/c29-20-10-34-11-21(30)19(20)9-23(15-3-6-22(41-28(31)32)24(7-15)39-13-14-1-2-14)40-25(36)12-35-26(37)17-5-4-16(33)8-18(17)27(35)38/h3-8,10-11,14,23,28H,1-2,9,12-13,33H2/t23-/m0/s1. The number of rotatable bonds is 11. The predicted octanol–water partition coefficient (Wildman–Crippen LogP) is 5.48. The van der Waals surface area contributed by atoms with Crippen molar-refractivity contribution in [3.63, 3.8) is 0 Å². The molecule has 41 heavy (non-hydrogen) atoms. The highest BCUT2D eigenvalue weighted by Gasteiger charge is 2.37. The topological polar surface area (TPSA) is 121 Å². The Morgan fingerprint density at radius 3 is 2.41 bits per heavy atom. The van der Waals surface area contributed by atoms with Crippen molar-refractivity contribution in [3.05, 3.63) is 81.1 Å². The van der Waals surface area contributed by atoms with Crippen molar-refractivity contribution < 1.29 is 37.4 Å². The van der Waals surface area contributed by atoms with Gasteiger partial charge in [0.15, 0.2) is 11.5 Å². The number of imide groups is 1. The quantitative estimate of drug-likeness (QED) is 0.173. The number of benzene rings is 2. The fourth-order valence-electron chi connectivity index (χ4n) is 4.35. The van der Waals surface area contributed by atoms with Crippen molar-refractivity contribution in [1.29, 1.82) is 0 Å².